The number of aromatic hydroxyl groups is 2. The molecule has 6 N–H and O–H groups in total. The average molecular weight is 539 g/mol. The Morgan fingerprint density at radius 2 is 1.84 bits per heavy atom. The van der Waals surface area contributed by atoms with Crippen molar-refractivity contribution in [2.75, 3.05) is 20.3 Å². The van der Waals surface area contributed by atoms with Crippen molar-refractivity contribution in [3.63, 3.8) is 0 Å². The van der Waals surface area contributed by atoms with Crippen molar-refractivity contribution in [2.45, 2.75) is 63.0 Å². The fourth-order valence-corrected chi connectivity index (χ4v) is 4.58. The highest BCUT2D eigenvalue weighted by atomic mass is 16.7. The molecule has 1 fully saturated rings. The number of ether oxygens (including phenoxy) is 4. The number of aliphatic hydroxyl groups excluding tert-OH is 4. The first-order valence-electron chi connectivity index (χ1n) is 12.2. The van der Waals surface area contributed by atoms with Gasteiger partial charge in [-0.3, -0.25) is 4.79 Å². The summed E-state index contributed by atoms with van der Waals surface area (Å²) >= 11 is 0. The van der Waals surface area contributed by atoms with Crippen LogP contribution in [0.25, 0.3) is 0 Å². The van der Waals surface area contributed by atoms with E-state index >= 15 is 0 Å². The van der Waals surface area contributed by atoms with E-state index in [1.165, 1.54) is 19.2 Å². The van der Waals surface area contributed by atoms with Crippen LogP contribution in [0.4, 0.5) is 0 Å². The van der Waals surface area contributed by atoms with Gasteiger partial charge in [0.15, 0.2) is 17.8 Å². The zero-order valence-electron chi connectivity index (χ0n) is 21.1. The number of carbonyl (C=O) groups excluding carboxylic acids is 2. The van der Waals surface area contributed by atoms with E-state index in [1.54, 1.807) is 25.1 Å². The fourth-order valence-electron chi connectivity index (χ4n) is 4.58. The Morgan fingerprint density at radius 1 is 1.11 bits per heavy atom. The van der Waals surface area contributed by atoms with Crippen molar-refractivity contribution in [3.8, 4) is 11.5 Å². The molecule has 1 saturated heterocycles. The molecule has 1 aliphatic heterocycles. The summed E-state index contributed by atoms with van der Waals surface area (Å²) in [7, 11) is 1.22. The van der Waals surface area contributed by atoms with E-state index in [2.05, 4.69) is 0 Å². The zero-order chi connectivity index (χ0) is 28.0. The van der Waals surface area contributed by atoms with Gasteiger partial charge in [0, 0.05) is 17.9 Å². The molecule has 0 unspecified atom stereocenters. The Kier molecular flexibility index (Phi) is 10.3. The molecule has 2 aliphatic rings. The Bertz CT molecular complexity index is 1050. The van der Waals surface area contributed by atoms with Crippen LogP contribution in [-0.2, 0) is 35.0 Å². The number of aliphatic hydroxyl groups is 4. The van der Waals surface area contributed by atoms with Gasteiger partial charge in [-0.1, -0.05) is 18.2 Å². The average Bonchev–Trinajstić information content (AvgIpc) is 2.90. The van der Waals surface area contributed by atoms with Crippen LogP contribution in [0.5, 0.6) is 11.5 Å². The van der Waals surface area contributed by atoms with Gasteiger partial charge in [0.05, 0.1) is 32.8 Å². The van der Waals surface area contributed by atoms with E-state index in [4.69, 9.17) is 18.9 Å². The second kappa shape index (κ2) is 13.2. The minimum atomic E-state index is -1.62. The summed E-state index contributed by atoms with van der Waals surface area (Å²) in [6.45, 7) is 1.06. The summed E-state index contributed by atoms with van der Waals surface area (Å²) in [5.74, 6) is -2.56. The highest BCUT2D eigenvalue weighted by Crippen LogP contribution is 2.37. The second-order valence-corrected chi connectivity index (χ2v) is 9.05. The molecule has 3 rings (SSSR count). The lowest BCUT2D eigenvalue weighted by Crippen LogP contribution is -2.59. The molecule has 12 nitrogen and oxygen atoms in total. The smallest absolute Gasteiger partial charge is 0.334 e. The number of methoxy groups -OCH3 is 1. The van der Waals surface area contributed by atoms with Gasteiger partial charge in [0.2, 0.25) is 0 Å². The van der Waals surface area contributed by atoms with Crippen LogP contribution in [0.2, 0.25) is 0 Å². The predicted molar refractivity (Wildman–Crippen MR) is 130 cm³/mol. The van der Waals surface area contributed by atoms with E-state index in [1.807, 2.05) is 0 Å². The van der Waals surface area contributed by atoms with Crippen molar-refractivity contribution in [1.82, 2.24) is 0 Å². The summed E-state index contributed by atoms with van der Waals surface area (Å²) in [5.41, 5.74) is 1.39. The van der Waals surface area contributed by atoms with Crippen molar-refractivity contribution < 1.29 is 59.2 Å². The zero-order valence-corrected chi connectivity index (χ0v) is 21.1. The molecule has 1 aromatic carbocycles. The molecule has 1 aromatic rings. The maximum Gasteiger partial charge on any atom is 0.334 e. The van der Waals surface area contributed by atoms with Crippen LogP contribution in [0, 0.1) is 5.92 Å². The summed E-state index contributed by atoms with van der Waals surface area (Å²) in [4.78, 5) is 25.2. The maximum atomic E-state index is 12.7. The van der Waals surface area contributed by atoms with Crippen LogP contribution in [0.15, 0.2) is 41.5 Å². The quantitative estimate of drug-likeness (QED) is 0.138. The third kappa shape index (κ3) is 6.70. The van der Waals surface area contributed by atoms with Crippen LogP contribution in [0.1, 0.15) is 25.3 Å². The summed E-state index contributed by atoms with van der Waals surface area (Å²) in [6.07, 6.45) is -4.65. The molecular weight excluding hydrogens is 504 g/mol. The molecule has 0 amide bonds. The number of hydrogen-bond acceptors (Lipinski definition) is 12. The van der Waals surface area contributed by atoms with E-state index in [0.717, 1.165) is 0 Å². The van der Waals surface area contributed by atoms with E-state index in [9.17, 15) is 40.2 Å². The Hall–Kier alpha value is -3.00. The van der Waals surface area contributed by atoms with E-state index < -0.39 is 61.3 Å². The second-order valence-electron chi connectivity index (χ2n) is 9.05. The molecule has 0 spiro atoms. The number of benzene rings is 1. The monoisotopic (exact) mass is 538 g/mol. The van der Waals surface area contributed by atoms with Crippen molar-refractivity contribution in [2.24, 2.45) is 5.92 Å². The molecule has 0 radical (unpaired) electrons. The normalized spacial score (nSPS) is 30.5. The minimum absolute atomic E-state index is 0.0109. The first-order chi connectivity index (χ1) is 18.1. The minimum Gasteiger partial charge on any atom is -0.504 e. The Balaban J connectivity index is 1.71. The van der Waals surface area contributed by atoms with Crippen LogP contribution in [-0.4, -0.2) is 99.7 Å². The molecule has 7 atom stereocenters. The molecule has 12 heteroatoms. The standard InChI is InChI=1S/C26H34O12/c1-3-14-16(11-21(30)36-9-8-13-4-6-17(28)18(29)10-13)15(25(34)35-2)5-7-19(14)37-26-24(33)23(32)22(31)20(12-27)38-26/h3-6,10,16,19-20,22-24,26-29,31-33H,7-9,11-12H2,1-2H3/b14-3-/t16-,19-,20+,22+,23-,24+,26+/m0/s1. The predicted octanol–water partition coefficient (Wildman–Crippen LogP) is -0.176. The SMILES string of the molecule is C/C=C1\[C@@H](O[C@@H]2O[C@H](CO)[C@@H](O)[C@H](O)[C@H]2O)CC=C(C(=O)OC)[C@H]1CC(=O)OCCc1ccc(O)c(O)c1. The molecule has 0 aromatic heterocycles. The first-order valence-corrected chi connectivity index (χ1v) is 12.2. The topological polar surface area (TPSA) is 192 Å². The molecule has 0 saturated carbocycles. The van der Waals surface area contributed by atoms with Crippen LogP contribution in [0.3, 0.4) is 0 Å². The van der Waals surface area contributed by atoms with Gasteiger partial charge in [-0.2, -0.15) is 0 Å². The van der Waals surface area contributed by atoms with Gasteiger partial charge >= 0.3 is 11.9 Å². The van der Waals surface area contributed by atoms with Gasteiger partial charge in [-0.25, -0.2) is 4.79 Å². The molecule has 1 heterocycles. The summed E-state index contributed by atoms with van der Waals surface area (Å²) in [5, 5.41) is 58.9. The van der Waals surface area contributed by atoms with E-state index in [0.29, 0.717) is 11.1 Å². The Morgan fingerprint density at radius 3 is 2.47 bits per heavy atom. The lowest BCUT2D eigenvalue weighted by molar-refractivity contribution is -0.308. The third-order valence-electron chi connectivity index (χ3n) is 6.67. The summed E-state index contributed by atoms with van der Waals surface area (Å²) < 4.78 is 21.6. The van der Waals surface area contributed by atoms with Gasteiger partial charge < -0.3 is 49.6 Å². The van der Waals surface area contributed by atoms with Crippen molar-refractivity contribution in [3.05, 3.63) is 47.1 Å². The van der Waals surface area contributed by atoms with Crippen LogP contribution < -0.4 is 0 Å². The lowest BCUT2D eigenvalue weighted by atomic mass is 9.79. The van der Waals surface area contributed by atoms with E-state index in [-0.39, 0.29) is 42.9 Å². The number of phenolic OH excluding ortho intramolecular Hbond substituents is 2. The van der Waals surface area contributed by atoms with Crippen molar-refractivity contribution >= 4 is 11.9 Å². The highest BCUT2D eigenvalue weighted by molar-refractivity contribution is 5.91. The summed E-state index contributed by atoms with van der Waals surface area (Å²) in [6, 6.07) is 4.28. The molecule has 0 bridgehead atoms. The Labute approximate surface area is 219 Å². The largest absolute Gasteiger partial charge is 0.504 e. The lowest BCUT2D eigenvalue weighted by Gasteiger charge is -2.42. The molecule has 38 heavy (non-hydrogen) atoms. The number of phenols is 2. The van der Waals surface area contributed by atoms with Gasteiger partial charge in [0.25, 0.3) is 0 Å². The highest BCUT2D eigenvalue weighted by Gasteiger charge is 2.46. The van der Waals surface area contributed by atoms with Gasteiger partial charge in [-0.05, 0) is 36.6 Å². The van der Waals surface area contributed by atoms with Gasteiger partial charge in [-0.15, -0.1) is 0 Å². The number of carbonyl (C=O) groups is 2. The van der Waals surface area contributed by atoms with Crippen molar-refractivity contribution in [1.29, 1.82) is 0 Å². The number of rotatable bonds is 9. The molecular formula is C26H34O12. The maximum absolute atomic E-state index is 12.7. The van der Waals surface area contributed by atoms with Gasteiger partial charge in [0.1, 0.15) is 24.4 Å². The molecule has 210 valence electrons. The number of allylic oxidation sites excluding steroid dienone is 1. The third-order valence-corrected chi connectivity index (χ3v) is 6.67. The van der Waals surface area contributed by atoms with Crippen LogP contribution >= 0.6 is 0 Å². The number of hydrogen-bond donors (Lipinski definition) is 6. The fraction of sp³-hybridized carbons (Fsp3) is 0.538. The first kappa shape index (κ1) is 29.6. The number of esters is 2. The molecule has 1 aliphatic carbocycles.